The Morgan fingerprint density at radius 1 is 1.56 bits per heavy atom. The highest BCUT2D eigenvalue weighted by atomic mass is 19.1. The van der Waals surface area contributed by atoms with Crippen LogP contribution in [0.15, 0.2) is 0 Å². The number of halogens is 1. The Bertz CT molecular complexity index is 252. The number of alkyl halides is 1. The van der Waals surface area contributed by atoms with Crippen LogP contribution in [0.1, 0.15) is 27.2 Å². The molecule has 0 radical (unpaired) electrons. The average molecular weight is 233 g/mol. The van der Waals surface area contributed by atoms with Crippen LogP contribution in [0.25, 0.3) is 0 Å². The van der Waals surface area contributed by atoms with Gasteiger partial charge >= 0.3 is 5.97 Å². The molecule has 0 spiro atoms. The van der Waals surface area contributed by atoms with Crippen LogP contribution in [-0.2, 0) is 9.53 Å². The van der Waals surface area contributed by atoms with E-state index in [4.69, 9.17) is 9.84 Å². The molecule has 5 heteroatoms. The average Bonchev–Trinajstić information content (AvgIpc) is 2.45. The third kappa shape index (κ3) is 3.72. The molecule has 0 saturated carbocycles. The van der Waals surface area contributed by atoms with Gasteiger partial charge in [0, 0.05) is 18.1 Å². The van der Waals surface area contributed by atoms with Gasteiger partial charge in [-0.05, 0) is 27.2 Å². The highest BCUT2D eigenvalue weighted by Gasteiger charge is 2.38. The van der Waals surface area contributed by atoms with E-state index in [-0.39, 0.29) is 24.8 Å². The SMILES string of the molecule is CC(C)(C)N1CC(F)CC1COCC(=O)O. The van der Waals surface area contributed by atoms with Gasteiger partial charge in [-0.15, -0.1) is 0 Å². The Morgan fingerprint density at radius 2 is 2.19 bits per heavy atom. The summed E-state index contributed by atoms with van der Waals surface area (Å²) in [5.41, 5.74) is -0.113. The van der Waals surface area contributed by atoms with Crippen molar-refractivity contribution in [3.63, 3.8) is 0 Å². The van der Waals surface area contributed by atoms with Crippen molar-refractivity contribution in [2.45, 2.75) is 44.9 Å². The zero-order valence-electron chi connectivity index (χ0n) is 10.1. The number of carboxylic acids is 1. The van der Waals surface area contributed by atoms with Crippen LogP contribution in [0.5, 0.6) is 0 Å². The first-order chi connectivity index (χ1) is 7.30. The van der Waals surface area contributed by atoms with E-state index in [1.54, 1.807) is 0 Å². The molecular weight excluding hydrogens is 213 g/mol. The third-order valence-corrected chi connectivity index (χ3v) is 2.76. The van der Waals surface area contributed by atoms with Crippen molar-refractivity contribution in [2.24, 2.45) is 0 Å². The maximum absolute atomic E-state index is 13.3. The molecule has 2 unspecified atom stereocenters. The lowest BCUT2D eigenvalue weighted by Crippen LogP contribution is -2.46. The van der Waals surface area contributed by atoms with E-state index in [2.05, 4.69) is 0 Å². The van der Waals surface area contributed by atoms with Crippen molar-refractivity contribution >= 4 is 5.97 Å². The summed E-state index contributed by atoms with van der Waals surface area (Å²) in [6.07, 6.45) is -0.408. The van der Waals surface area contributed by atoms with E-state index in [0.29, 0.717) is 13.0 Å². The lowest BCUT2D eigenvalue weighted by molar-refractivity contribution is -0.142. The van der Waals surface area contributed by atoms with Gasteiger partial charge in [-0.1, -0.05) is 0 Å². The molecule has 1 fully saturated rings. The molecule has 0 aromatic heterocycles. The zero-order valence-corrected chi connectivity index (χ0v) is 10.1. The normalized spacial score (nSPS) is 27.2. The first-order valence-corrected chi connectivity index (χ1v) is 5.51. The Balaban J connectivity index is 2.47. The molecule has 0 amide bonds. The van der Waals surface area contributed by atoms with Crippen molar-refractivity contribution in [3.8, 4) is 0 Å². The van der Waals surface area contributed by atoms with Crippen LogP contribution in [0.2, 0.25) is 0 Å². The molecule has 0 aromatic rings. The van der Waals surface area contributed by atoms with Gasteiger partial charge in [0.05, 0.1) is 6.61 Å². The first-order valence-electron chi connectivity index (χ1n) is 5.51. The molecule has 0 aliphatic carbocycles. The second-order valence-corrected chi connectivity index (χ2v) is 5.22. The van der Waals surface area contributed by atoms with E-state index >= 15 is 0 Å². The van der Waals surface area contributed by atoms with Crippen LogP contribution in [0.3, 0.4) is 0 Å². The fourth-order valence-electron chi connectivity index (χ4n) is 2.12. The summed E-state index contributed by atoms with van der Waals surface area (Å²) in [7, 11) is 0. The standard InChI is InChI=1S/C11H20FNO3/c1-11(2,3)13-5-8(12)4-9(13)6-16-7-10(14)15/h8-9H,4-7H2,1-3H3,(H,14,15). The summed E-state index contributed by atoms with van der Waals surface area (Å²) in [5, 5.41) is 8.45. The fraction of sp³-hybridized carbons (Fsp3) is 0.909. The molecule has 1 aliphatic rings. The van der Waals surface area contributed by atoms with Crippen LogP contribution in [-0.4, -0.2) is 53.5 Å². The van der Waals surface area contributed by atoms with Gasteiger partial charge in [-0.3, -0.25) is 4.90 Å². The number of hydrogen-bond donors (Lipinski definition) is 1. The summed E-state index contributed by atoms with van der Waals surface area (Å²) in [6, 6.07) is -0.0191. The minimum Gasteiger partial charge on any atom is -0.480 e. The topological polar surface area (TPSA) is 49.8 Å². The van der Waals surface area contributed by atoms with E-state index in [1.807, 2.05) is 25.7 Å². The predicted molar refractivity (Wildman–Crippen MR) is 58.2 cm³/mol. The van der Waals surface area contributed by atoms with Crippen molar-refractivity contribution in [1.82, 2.24) is 4.90 Å². The van der Waals surface area contributed by atoms with Crippen LogP contribution in [0.4, 0.5) is 4.39 Å². The van der Waals surface area contributed by atoms with E-state index < -0.39 is 12.1 Å². The number of rotatable bonds is 4. The molecule has 94 valence electrons. The molecule has 4 nitrogen and oxygen atoms in total. The van der Waals surface area contributed by atoms with Crippen LogP contribution >= 0.6 is 0 Å². The van der Waals surface area contributed by atoms with Gasteiger partial charge in [-0.2, -0.15) is 0 Å². The number of nitrogens with zero attached hydrogens (tertiary/aromatic N) is 1. The summed E-state index contributed by atoms with van der Waals surface area (Å²) < 4.78 is 18.4. The molecular formula is C11H20FNO3. The molecule has 1 saturated heterocycles. The lowest BCUT2D eigenvalue weighted by atomic mass is 10.1. The molecule has 1 rings (SSSR count). The highest BCUT2D eigenvalue weighted by molar-refractivity contribution is 5.67. The minimum atomic E-state index is -0.989. The van der Waals surface area contributed by atoms with Gasteiger partial charge in [0.25, 0.3) is 0 Å². The Kier molecular flexibility index (Phi) is 4.27. The maximum atomic E-state index is 13.3. The largest absolute Gasteiger partial charge is 0.480 e. The number of carbonyl (C=O) groups is 1. The molecule has 1 N–H and O–H groups in total. The summed E-state index contributed by atoms with van der Waals surface area (Å²) in [4.78, 5) is 12.3. The summed E-state index contributed by atoms with van der Waals surface area (Å²) in [6.45, 7) is 6.44. The third-order valence-electron chi connectivity index (χ3n) is 2.76. The fourth-order valence-corrected chi connectivity index (χ4v) is 2.12. The van der Waals surface area contributed by atoms with Gasteiger partial charge < -0.3 is 9.84 Å². The van der Waals surface area contributed by atoms with Crippen molar-refractivity contribution in [2.75, 3.05) is 19.8 Å². The Hall–Kier alpha value is -0.680. The number of aliphatic carboxylic acids is 1. The van der Waals surface area contributed by atoms with Crippen molar-refractivity contribution in [3.05, 3.63) is 0 Å². The number of carboxylic acid groups (broad SMARTS) is 1. The summed E-state index contributed by atoms with van der Waals surface area (Å²) >= 11 is 0. The summed E-state index contributed by atoms with van der Waals surface area (Å²) in [5.74, 6) is -0.989. The monoisotopic (exact) mass is 233 g/mol. The smallest absolute Gasteiger partial charge is 0.329 e. The molecule has 0 aromatic carbocycles. The number of ether oxygens (including phenoxy) is 1. The second-order valence-electron chi connectivity index (χ2n) is 5.22. The van der Waals surface area contributed by atoms with E-state index in [9.17, 15) is 9.18 Å². The van der Waals surface area contributed by atoms with E-state index in [0.717, 1.165) is 0 Å². The Labute approximate surface area is 95.4 Å². The molecule has 2 atom stereocenters. The molecule has 1 aliphatic heterocycles. The highest BCUT2D eigenvalue weighted by Crippen LogP contribution is 2.28. The first kappa shape index (κ1) is 13.4. The molecule has 0 bridgehead atoms. The zero-order chi connectivity index (χ0) is 12.3. The molecule has 16 heavy (non-hydrogen) atoms. The predicted octanol–water partition coefficient (Wildman–Crippen LogP) is 1.30. The minimum absolute atomic E-state index is 0.0191. The van der Waals surface area contributed by atoms with Gasteiger partial charge in [0.1, 0.15) is 12.8 Å². The van der Waals surface area contributed by atoms with Crippen molar-refractivity contribution < 1.29 is 19.0 Å². The maximum Gasteiger partial charge on any atom is 0.329 e. The second kappa shape index (κ2) is 5.10. The van der Waals surface area contributed by atoms with Crippen LogP contribution < -0.4 is 0 Å². The quantitative estimate of drug-likeness (QED) is 0.795. The molecule has 1 heterocycles. The van der Waals surface area contributed by atoms with Crippen molar-refractivity contribution in [1.29, 1.82) is 0 Å². The van der Waals surface area contributed by atoms with Crippen LogP contribution in [0, 0.1) is 0 Å². The number of likely N-dealkylation sites (tertiary alicyclic amines) is 1. The number of hydrogen-bond acceptors (Lipinski definition) is 3. The van der Waals surface area contributed by atoms with Gasteiger partial charge in [-0.25, -0.2) is 9.18 Å². The Morgan fingerprint density at radius 3 is 2.69 bits per heavy atom. The van der Waals surface area contributed by atoms with Gasteiger partial charge in [0.15, 0.2) is 0 Å². The van der Waals surface area contributed by atoms with Gasteiger partial charge in [0.2, 0.25) is 0 Å². The van der Waals surface area contributed by atoms with E-state index in [1.165, 1.54) is 0 Å². The lowest BCUT2D eigenvalue weighted by Gasteiger charge is -2.36.